The number of nitrogens with zero attached hydrogens (tertiary/aromatic N) is 1. The third-order valence-corrected chi connectivity index (χ3v) is 3.43. The van der Waals surface area contributed by atoms with E-state index in [0.29, 0.717) is 5.69 Å². The number of rotatable bonds is 3. The number of hydrogen-bond donors (Lipinski definition) is 4. The van der Waals surface area contributed by atoms with Crippen molar-refractivity contribution in [3.8, 4) is 0 Å². The van der Waals surface area contributed by atoms with Crippen LogP contribution in [0.2, 0.25) is 0 Å². The molecular weight excluding hydrogens is 263 g/mol. The van der Waals surface area contributed by atoms with Crippen LogP contribution in [-0.2, 0) is 0 Å². The number of anilines is 1. The molecule has 0 bridgehead atoms. The number of amidine groups is 1. The fraction of sp³-hybridized carbons (Fsp3) is 0.385. The van der Waals surface area contributed by atoms with Gasteiger partial charge in [-0.1, -0.05) is 11.6 Å². The molecule has 108 valence electrons. The quantitative estimate of drug-likeness (QED) is 0.294. The smallest absolute Gasteiger partial charge is 0.319 e. The number of nitrogens with two attached hydrogens (primary N) is 1. The Hall–Kier alpha value is -2.31. The summed E-state index contributed by atoms with van der Waals surface area (Å²) >= 11 is 0. The molecule has 2 rings (SSSR count). The summed E-state index contributed by atoms with van der Waals surface area (Å²) in [6, 6.07) is 4.94. The Kier molecular flexibility index (Phi) is 4.39. The maximum absolute atomic E-state index is 12.8. The van der Waals surface area contributed by atoms with E-state index in [0.717, 1.165) is 19.3 Å². The second-order valence-corrected chi connectivity index (χ2v) is 4.77. The molecule has 0 aromatic heterocycles. The van der Waals surface area contributed by atoms with Gasteiger partial charge in [0, 0.05) is 17.6 Å². The van der Waals surface area contributed by atoms with Crippen LogP contribution in [-0.4, -0.2) is 23.1 Å². The van der Waals surface area contributed by atoms with Crippen molar-refractivity contribution in [2.24, 2.45) is 16.8 Å². The van der Waals surface area contributed by atoms with Crippen LogP contribution in [0.3, 0.4) is 0 Å². The molecule has 2 unspecified atom stereocenters. The van der Waals surface area contributed by atoms with E-state index in [-0.39, 0.29) is 29.6 Å². The zero-order valence-corrected chi connectivity index (χ0v) is 10.8. The van der Waals surface area contributed by atoms with Gasteiger partial charge in [-0.05, 0) is 37.1 Å². The maximum atomic E-state index is 12.8. The lowest BCUT2D eigenvalue weighted by atomic mass is 10.0. The summed E-state index contributed by atoms with van der Waals surface area (Å²) in [6.45, 7) is 0. The van der Waals surface area contributed by atoms with E-state index >= 15 is 0 Å². The number of carbonyl (C=O) groups is 1. The average Bonchev–Trinajstić information content (AvgIpc) is 2.88. The first kappa shape index (κ1) is 14.1. The first-order chi connectivity index (χ1) is 9.60. The van der Waals surface area contributed by atoms with Gasteiger partial charge in [0.2, 0.25) is 0 Å². The lowest BCUT2D eigenvalue weighted by Crippen LogP contribution is -2.44. The third-order valence-electron chi connectivity index (χ3n) is 3.43. The molecule has 1 aromatic carbocycles. The molecule has 2 amide bonds. The minimum Gasteiger partial charge on any atom is -0.409 e. The molecule has 0 spiro atoms. The van der Waals surface area contributed by atoms with Crippen molar-refractivity contribution in [3.63, 3.8) is 0 Å². The van der Waals surface area contributed by atoms with Gasteiger partial charge in [-0.3, -0.25) is 0 Å². The normalized spacial score (nSPS) is 22.6. The molecule has 6 nitrogen and oxygen atoms in total. The second-order valence-electron chi connectivity index (χ2n) is 4.77. The predicted molar refractivity (Wildman–Crippen MR) is 73.1 cm³/mol. The van der Waals surface area contributed by atoms with Gasteiger partial charge >= 0.3 is 6.03 Å². The summed E-state index contributed by atoms with van der Waals surface area (Å²) in [7, 11) is 0. The molecule has 0 saturated heterocycles. The first-order valence-electron chi connectivity index (χ1n) is 6.40. The van der Waals surface area contributed by atoms with Crippen LogP contribution in [0.1, 0.15) is 19.3 Å². The molecule has 5 N–H and O–H groups in total. The van der Waals surface area contributed by atoms with E-state index in [1.54, 1.807) is 0 Å². The highest BCUT2D eigenvalue weighted by Crippen LogP contribution is 2.25. The number of urea groups is 1. The number of oxime groups is 1. The molecule has 0 radical (unpaired) electrons. The highest BCUT2D eigenvalue weighted by molar-refractivity contribution is 5.90. The Bertz CT molecular complexity index is 504. The van der Waals surface area contributed by atoms with E-state index in [1.807, 2.05) is 0 Å². The summed E-state index contributed by atoms with van der Waals surface area (Å²) in [4.78, 5) is 11.9. The molecule has 1 saturated carbocycles. The molecule has 2 atom stereocenters. The van der Waals surface area contributed by atoms with Gasteiger partial charge in [0.1, 0.15) is 11.7 Å². The summed E-state index contributed by atoms with van der Waals surface area (Å²) in [5.74, 6) is -0.382. The summed E-state index contributed by atoms with van der Waals surface area (Å²) < 4.78 is 12.8. The number of hydrogen-bond acceptors (Lipinski definition) is 3. The summed E-state index contributed by atoms with van der Waals surface area (Å²) in [6.07, 6.45) is 2.46. The van der Waals surface area contributed by atoms with E-state index in [9.17, 15) is 9.18 Å². The average molecular weight is 280 g/mol. The van der Waals surface area contributed by atoms with Gasteiger partial charge < -0.3 is 21.6 Å². The lowest BCUT2D eigenvalue weighted by Gasteiger charge is -2.20. The van der Waals surface area contributed by atoms with Crippen LogP contribution in [0.4, 0.5) is 14.9 Å². The molecule has 7 heteroatoms. The molecule has 1 aliphatic carbocycles. The molecule has 20 heavy (non-hydrogen) atoms. The molecule has 1 aromatic rings. The van der Waals surface area contributed by atoms with Gasteiger partial charge in [-0.25, -0.2) is 9.18 Å². The second kappa shape index (κ2) is 6.23. The van der Waals surface area contributed by atoms with Gasteiger partial charge in [0.15, 0.2) is 0 Å². The van der Waals surface area contributed by atoms with Crippen LogP contribution >= 0.6 is 0 Å². The highest BCUT2D eigenvalue weighted by Gasteiger charge is 2.31. The third kappa shape index (κ3) is 3.37. The van der Waals surface area contributed by atoms with Crippen molar-refractivity contribution in [2.75, 3.05) is 5.32 Å². The topological polar surface area (TPSA) is 99.7 Å². The zero-order valence-electron chi connectivity index (χ0n) is 10.8. The Labute approximate surface area is 115 Å². The molecule has 1 fully saturated rings. The Morgan fingerprint density at radius 2 is 2.05 bits per heavy atom. The molecule has 0 aliphatic heterocycles. The van der Waals surface area contributed by atoms with E-state index in [4.69, 9.17) is 10.9 Å². The number of carbonyl (C=O) groups excluding carboxylic acids is 1. The number of amides is 2. The number of benzene rings is 1. The Morgan fingerprint density at radius 1 is 1.35 bits per heavy atom. The molecular formula is C13H17FN4O2. The Morgan fingerprint density at radius 3 is 2.70 bits per heavy atom. The van der Waals surface area contributed by atoms with Crippen molar-refractivity contribution in [3.05, 3.63) is 30.1 Å². The van der Waals surface area contributed by atoms with E-state index in [2.05, 4.69) is 15.8 Å². The van der Waals surface area contributed by atoms with Crippen molar-refractivity contribution in [1.82, 2.24) is 5.32 Å². The Balaban J connectivity index is 1.92. The van der Waals surface area contributed by atoms with Crippen molar-refractivity contribution < 1.29 is 14.4 Å². The largest absolute Gasteiger partial charge is 0.409 e. The summed E-state index contributed by atoms with van der Waals surface area (Å²) in [5.41, 5.74) is 6.10. The number of nitrogens with one attached hydrogen (secondary N) is 2. The minimum absolute atomic E-state index is 0.134. The van der Waals surface area contributed by atoms with E-state index in [1.165, 1.54) is 24.3 Å². The first-order valence-corrected chi connectivity index (χ1v) is 6.40. The van der Waals surface area contributed by atoms with Crippen LogP contribution in [0.25, 0.3) is 0 Å². The van der Waals surface area contributed by atoms with Crippen LogP contribution in [0, 0.1) is 11.7 Å². The zero-order chi connectivity index (χ0) is 14.5. The van der Waals surface area contributed by atoms with Gasteiger partial charge in [-0.15, -0.1) is 0 Å². The van der Waals surface area contributed by atoms with Crippen molar-refractivity contribution >= 4 is 17.6 Å². The van der Waals surface area contributed by atoms with E-state index < -0.39 is 0 Å². The highest BCUT2D eigenvalue weighted by atomic mass is 19.1. The summed E-state index contributed by atoms with van der Waals surface area (Å²) in [5, 5.41) is 17.1. The maximum Gasteiger partial charge on any atom is 0.319 e. The minimum atomic E-state index is -0.390. The fourth-order valence-corrected chi connectivity index (χ4v) is 2.43. The van der Waals surface area contributed by atoms with Gasteiger partial charge in [0.05, 0.1) is 0 Å². The van der Waals surface area contributed by atoms with Crippen molar-refractivity contribution in [1.29, 1.82) is 0 Å². The van der Waals surface area contributed by atoms with Crippen molar-refractivity contribution in [2.45, 2.75) is 25.3 Å². The van der Waals surface area contributed by atoms with Crippen LogP contribution in [0.15, 0.2) is 29.4 Å². The fourth-order valence-electron chi connectivity index (χ4n) is 2.43. The lowest BCUT2D eigenvalue weighted by molar-refractivity contribution is 0.247. The van der Waals surface area contributed by atoms with Gasteiger partial charge in [0.25, 0.3) is 0 Å². The number of halogens is 1. The van der Waals surface area contributed by atoms with Crippen LogP contribution < -0.4 is 16.4 Å². The van der Waals surface area contributed by atoms with Gasteiger partial charge in [-0.2, -0.15) is 0 Å². The standard InChI is InChI=1S/C13H17FN4O2/c14-8-4-6-9(7-5-8)16-13(19)17-11-3-1-2-10(11)12(15)18-20/h4-7,10-11,20H,1-3H2,(H2,15,18)(H2,16,17,19). The monoisotopic (exact) mass is 280 g/mol. The SMILES string of the molecule is NC(=NO)C1CCCC1NC(=O)Nc1ccc(F)cc1. The van der Waals surface area contributed by atoms with Crippen LogP contribution in [0.5, 0.6) is 0 Å². The predicted octanol–water partition coefficient (Wildman–Crippen LogP) is 1.86. The molecule has 0 heterocycles. The molecule has 1 aliphatic rings.